The lowest BCUT2D eigenvalue weighted by Crippen LogP contribution is -2.19. The van der Waals surface area contributed by atoms with Crippen molar-refractivity contribution in [2.45, 2.75) is 6.61 Å². The summed E-state index contributed by atoms with van der Waals surface area (Å²) in [4.78, 5) is 33.6. The van der Waals surface area contributed by atoms with Gasteiger partial charge in [-0.1, -0.05) is 18.2 Å². The molecule has 136 valence electrons. The summed E-state index contributed by atoms with van der Waals surface area (Å²) in [5, 5.41) is 13.6. The second kappa shape index (κ2) is 9.28. The highest BCUT2D eigenvalue weighted by Crippen LogP contribution is 2.14. The molecule has 2 rings (SSSR count). The number of Topliss-reactive ketones (excluding diaryl/α,β-unsaturated/α-hetero) is 1. The molecule has 0 aliphatic rings. The number of nitro benzene ring substituents is 1. The summed E-state index contributed by atoms with van der Waals surface area (Å²) in [5.74, 6) is -0.654. The van der Waals surface area contributed by atoms with Gasteiger partial charge >= 0.3 is 5.97 Å². The van der Waals surface area contributed by atoms with Crippen LogP contribution in [0.4, 0.5) is 11.4 Å². The lowest BCUT2D eigenvalue weighted by atomic mass is 10.2. The van der Waals surface area contributed by atoms with Gasteiger partial charge in [0.25, 0.3) is 5.69 Å². The zero-order valence-corrected chi connectivity index (χ0v) is 14.1. The van der Waals surface area contributed by atoms with Crippen LogP contribution < -0.4 is 5.32 Å². The van der Waals surface area contributed by atoms with Gasteiger partial charge in [0, 0.05) is 17.8 Å². The predicted molar refractivity (Wildman–Crippen MR) is 94.0 cm³/mol. The first-order valence-corrected chi connectivity index (χ1v) is 7.74. The van der Waals surface area contributed by atoms with Crippen LogP contribution in [0.2, 0.25) is 0 Å². The summed E-state index contributed by atoms with van der Waals surface area (Å²) < 4.78 is 9.94. The molecule has 0 spiro atoms. The maximum atomic E-state index is 11.9. The molecule has 0 atom stereocenters. The lowest BCUT2D eigenvalue weighted by Gasteiger charge is -2.08. The number of carbonyl (C=O) groups is 2. The van der Waals surface area contributed by atoms with E-state index in [9.17, 15) is 19.7 Å². The molecule has 0 radical (unpaired) electrons. The Morgan fingerprint density at radius 1 is 1.15 bits per heavy atom. The summed E-state index contributed by atoms with van der Waals surface area (Å²) in [7, 11) is 1.30. The van der Waals surface area contributed by atoms with Crippen LogP contribution in [0.5, 0.6) is 0 Å². The highest BCUT2D eigenvalue weighted by atomic mass is 16.6. The van der Waals surface area contributed by atoms with Gasteiger partial charge in [-0.15, -0.1) is 0 Å². The van der Waals surface area contributed by atoms with E-state index in [-0.39, 0.29) is 31.2 Å². The first-order chi connectivity index (χ1) is 12.5. The lowest BCUT2D eigenvalue weighted by molar-refractivity contribution is -0.384. The van der Waals surface area contributed by atoms with Crippen molar-refractivity contribution in [3.63, 3.8) is 0 Å². The van der Waals surface area contributed by atoms with Crippen molar-refractivity contribution in [2.75, 3.05) is 25.6 Å². The molecule has 0 amide bonds. The van der Waals surface area contributed by atoms with Gasteiger partial charge in [0.15, 0.2) is 5.78 Å². The molecule has 0 bridgehead atoms. The molecule has 8 heteroatoms. The van der Waals surface area contributed by atoms with Gasteiger partial charge in [-0.05, 0) is 23.8 Å². The highest BCUT2D eigenvalue weighted by Gasteiger charge is 2.08. The smallest absolute Gasteiger partial charge is 0.337 e. The number of hydrogen-bond donors (Lipinski definition) is 1. The number of nitrogens with one attached hydrogen (secondary N) is 1. The number of rotatable bonds is 9. The topological polar surface area (TPSA) is 108 Å². The Hall–Kier alpha value is -3.26. The fourth-order valence-electron chi connectivity index (χ4n) is 2.17. The second-order valence-electron chi connectivity index (χ2n) is 5.38. The van der Waals surface area contributed by atoms with Crippen molar-refractivity contribution >= 4 is 23.1 Å². The van der Waals surface area contributed by atoms with E-state index < -0.39 is 10.9 Å². The Morgan fingerprint density at radius 2 is 1.92 bits per heavy atom. The number of nitro groups is 1. The number of nitrogens with zero attached hydrogens (tertiary/aromatic N) is 1. The number of benzene rings is 2. The largest absolute Gasteiger partial charge is 0.465 e. The van der Waals surface area contributed by atoms with E-state index in [0.717, 1.165) is 0 Å². The Labute approximate surface area is 149 Å². The van der Waals surface area contributed by atoms with Crippen LogP contribution in [0.1, 0.15) is 15.9 Å². The molecule has 0 unspecified atom stereocenters. The third-order valence-electron chi connectivity index (χ3n) is 3.43. The minimum absolute atomic E-state index is 0.0235. The molecule has 0 saturated carbocycles. The van der Waals surface area contributed by atoms with E-state index in [1.54, 1.807) is 36.4 Å². The second-order valence-corrected chi connectivity index (χ2v) is 5.38. The number of carbonyl (C=O) groups excluding carboxylic acids is 2. The molecule has 0 aromatic heterocycles. The quantitative estimate of drug-likeness (QED) is 0.417. The maximum absolute atomic E-state index is 11.9. The van der Waals surface area contributed by atoms with E-state index in [1.165, 1.54) is 19.2 Å². The van der Waals surface area contributed by atoms with Gasteiger partial charge in [0.05, 0.1) is 30.7 Å². The monoisotopic (exact) mass is 358 g/mol. The van der Waals surface area contributed by atoms with Crippen LogP contribution in [-0.2, 0) is 20.9 Å². The molecule has 0 fully saturated rings. The molecule has 1 N–H and O–H groups in total. The Balaban J connectivity index is 1.78. The van der Waals surface area contributed by atoms with Crippen LogP contribution in [0.15, 0.2) is 48.5 Å². The summed E-state index contributed by atoms with van der Waals surface area (Å²) in [5.41, 5.74) is 1.59. The zero-order chi connectivity index (χ0) is 18.9. The maximum Gasteiger partial charge on any atom is 0.337 e. The van der Waals surface area contributed by atoms with Crippen molar-refractivity contribution in [3.8, 4) is 0 Å². The summed E-state index contributed by atoms with van der Waals surface area (Å²) in [6, 6.07) is 12.6. The first kappa shape index (κ1) is 19.1. The van der Waals surface area contributed by atoms with Gasteiger partial charge in [-0.25, -0.2) is 4.79 Å². The van der Waals surface area contributed by atoms with Crippen molar-refractivity contribution in [1.29, 1.82) is 0 Å². The van der Waals surface area contributed by atoms with E-state index >= 15 is 0 Å². The van der Waals surface area contributed by atoms with Crippen LogP contribution in [0.3, 0.4) is 0 Å². The van der Waals surface area contributed by atoms with E-state index in [2.05, 4.69) is 10.1 Å². The van der Waals surface area contributed by atoms with E-state index in [1.807, 2.05) is 0 Å². The standard InChI is InChI=1S/C18H18N2O6/c1-25-18(22)14-5-3-6-15(9-14)19-10-17(21)12-26-11-13-4-2-7-16(8-13)20(23)24/h2-9,19H,10-12H2,1H3. The van der Waals surface area contributed by atoms with Gasteiger partial charge in [-0.3, -0.25) is 14.9 Å². The number of hydrogen-bond acceptors (Lipinski definition) is 7. The van der Waals surface area contributed by atoms with Crippen LogP contribution in [0, 0.1) is 10.1 Å². The normalized spacial score (nSPS) is 10.2. The van der Waals surface area contributed by atoms with Crippen molar-refractivity contribution in [2.24, 2.45) is 0 Å². The zero-order valence-electron chi connectivity index (χ0n) is 14.1. The Kier molecular flexibility index (Phi) is 6.81. The molecule has 26 heavy (non-hydrogen) atoms. The van der Waals surface area contributed by atoms with Crippen LogP contribution in [-0.4, -0.2) is 36.9 Å². The first-order valence-electron chi connectivity index (χ1n) is 7.74. The third-order valence-corrected chi connectivity index (χ3v) is 3.43. The molecule has 2 aromatic rings. The Bertz CT molecular complexity index is 806. The Morgan fingerprint density at radius 3 is 2.65 bits per heavy atom. The van der Waals surface area contributed by atoms with Gasteiger partial charge < -0.3 is 14.8 Å². The van der Waals surface area contributed by atoms with Crippen LogP contribution in [0.25, 0.3) is 0 Å². The van der Waals surface area contributed by atoms with Crippen LogP contribution >= 0.6 is 0 Å². The minimum atomic E-state index is -0.485. The van der Waals surface area contributed by atoms with Gasteiger partial charge in [0.2, 0.25) is 0 Å². The molecule has 0 aliphatic carbocycles. The summed E-state index contributed by atoms with van der Waals surface area (Å²) in [6.45, 7) is -0.00278. The van der Waals surface area contributed by atoms with Gasteiger partial charge in [0.1, 0.15) is 6.61 Å². The highest BCUT2D eigenvalue weighted by molar-refractivity contribution is 5.90. The fourth-order valence-corrected chi connectivity index (χ4v) is 2.17. The SMILES string of the molecule is COC(=O)c1cccc(NCC(=O)COCc2cccc([N+](=O)[O-])c2)c1. The molecule has 0 aliphatic heterocycles. The average Bonchev–Trinajstić information content (AvgIpc) is 2.66. The third kappa shape index (κ3) is 5.67. The molecular formula is C18H18N2O6. The number of non-ortho nitro benzene ring substituents is 1. The van der Waals surface area contributed by atoms with Crippen molar-refractivity contribution in [1.82, 2.24) is 0 Å². The number of anilines is 1. The number of esters is 1. The number of methoxy groups -OCH3 is 1. The minimum Gasteiger partial charge on any atom is -0.465 e. The van der Waals surface area contributed by atoms with E-state index in [0.29, 0.717) is 16.8 Å². The summed E-state index contributed by atoms with van der Waals surface area (Å²) in [6.07, 6.45) is 0. The number of ether oxygens (including phenoxy) is 2. The van der Waals surface area contributed by atoms with Crippen molar-refractivity contribution in [3.05, 3.63) is 69.8 Å². The fraction of sp³-hybridized carbons (Fsp3) is 0.222. The number of ketones is 1. The molecular weight excluding hydrogens is 340 g/mol. The molecule has 0 saturated heterocycles. The average molecular weight is 358 g/mol. The van der Waals surface area contributed by atoms with E-state index in [4.69, 9.17) is 4.74 Å². The van der Waals surface area contributed by atoms with Crippen molar-refractivity contribution < 1.29 is 24.0 Å². The van der Waals surface area contributed by atoms with Gasteiger partial charge in [-0.2, -0.15) is 0 Å². The molecule has 2 aromatic carbocycles. The predicted octanol–water partition coefficient (Wildman–Crippen LogP) is 2.58. The molecule has 0 heterocycles. The molecule has 8 nitrogen and oxygen atoms in total. The summed E-state index contributed by atoms with van der Waals surface area (Å²) >= 11 is 0.